The third kappa shape index (κ3) is 26.4. The van der Waals surface area contributed by atoms with Crippen molar-refractivity contribution in [2.24, 2.45) is 34.2 Å². The second-order valence-corrected chi connectivity index (χ2v) is 21.6. The van der Waals surface area contributed by atoms with E-state index in [1.165, 1.54) is 0 Å². The number of carbonyl (C=O) groups excluding carboxylic acids is 5. The lowest BCUT2D eigenvalue weighted by Gasteiger charge is -2.35. The fourth-order valence-corrected chi connectivity index (χ4v) is 10.1. The molecule has 0 radical (unpaired) electrons. The first-order valence-electron chi connectivity index (χ1n) is 27.7. The maximum absolute atomic E-state index is 13.6. The summed E-state index contributed by atoms with van der Waals surface area (Å²) in [7, 11) is 0. The van der Waals surface area contributed by atoms with Gasteiger partial charge in [0.25, 0.3) is 0 Å². The average molecular weight is 1210 g/mol. The van der Waals surface area contributed by atoms with Crippen LogP contribution in [0.3, 0.4) is 0 Å². The predicted octanol–water partition coefficient (Wildman–Crippen LogP) is -2.40. The Kier molecular flexibility index (Phi) is 30.6. The van der Waals surface area contributed by atoms with Crippen molar-refractivity contribution in [3.63, 3.8) is 0 Å². The van der Waals surface area contributed by atoms with Crippen molar-refractivity contribution in [1.29, 1.82) is 0 Å². The zero-order valence-electron chi connectivity index (χ0n) is 47.4. The molecule has 1 aromatic carbocycles. The number of guanidine groups is 1. The molecule has 0 aliphatic carbocycles. The Bertz CT molecular complexity index is 2450. The number of ketones is 2. The molecule has 468 valence electrons. The summed E-state index contributed by atoms with van der Waals surface area (Å²) in [6.07, 6.45) is -0.614. The quantitative estimate of drug-likeness (QED) is 0.0148. The standard InChI is InChI=1S/C53H82N12O18S/c1-32(2)23-39(42(68)25-35(31-66)48(78)59-38(50(80)81)5-3-13-56-52(54)55)60-47(77)34(26-43(69)70)24-37(67)27-57-49(79)40-6-4-14-65(40)53(84)58-36-10-7-33(8-11-36)9-12-41(51(82)83)64-21-19-62(29-45(73)74)17-15-61(28-44(71)72)16-18-63(20-22-64)30-46(75)76/h7-8,10-11,32,34-35,38-41,66H,3-6,9,12-31H2,1-2H3,(H,57,79)(H,58,84)(H,59,78)(H,60,77)(H,69,70)(H,71,72)(H,73,74)(H,75,76)(H,80,81)(H,82,83)(H4,54,55,56)/t34-,35-,38-,39-,40-,41?/m0/s1. The van der Waals surface area contributed by atoms with Crippen LogP contribution in [0.4, 0.5) is 5.69 Å². The Labute approximate surface area is 491 Å². The summed E-state index contributed by atoms with van der Waals surface area (Å²) in [5.74, 6) is -14.5. The van der Waals surface area contributed by atoms with Gasteiger partial charge >= 0.3 is 35.8 Å². The summed E-state index contributed by atoms with van der Waals surface area (Å²) >= 11 is 5.70. The van der Waals surface area contributed by atoms with Gasteiger partial charge in [-0.05, 0) is 80.8 Å². The summed E-state index contributed by atoms with van der Waals surface area (Å²) in [5.41, 5.74) is 11.9. The monoisotopic (exact) mass is 1210 g/mol. The van der Waals surface area contributed by atoms with E-state index in [0.29, 0.717) is 31.5 Å². The molecule has 0 aromatic heterocycles. The predicted molar refractivity (Wildman–Crippen MR) is 305 cm³/mol. The first-order valence-corrected chi connectivity index (χ1v) is 28.1. The van der Waals surface area contributed by atoms with Gasteiger partial charge < -0.3 is 73.4 Å². The third-order valence-electron chi connectivity index (χ3n) is 14.1. The second-order valence-electron chi connectivity index (χ2n) is 21.3. The molecule has 0 saturated carbocycles. The van der Waals surface area contributed by atoms with E-state index in [2.05, 4.69) is 26.3 Å². The number of nitrogens with two attached hydrogens (primary N) is 2. The van der Waals surface area contributed by atoms with Crippen LogP contribution >= 0.6 is 12.2 Å². The first kappa shape index (κ1) is 70.8. The van der Waals surface area contributed by atoms with Crippen LogP contribution in [0.1, 0.15) is 77.2 Å². The molecule has 84 heavy (non-hydrogen) atoms. The van der Waals surface area contributed by atoms with Crippen LogP contribution < -0.4 is 32.7 Å². The molecule has 2 heterocycles. The van der Waals surface area contributed by atoms with E-state index in [-0.39, 0.29) is 121 Å². The molecule has 0 spiro atoms. The Morgan fingerprint density at radius 3 is 1.69 bits per heavy atom. The third-order valence-corrected chi connectivity index (χ3v) is 14.5. The van der Waals surface area contributed by atoms with Crippen molar-refractivity contribution in [3.8, 4) is 0 Å². The number of nitrogens with zero attached hydrogens (tertiary/aromatic N) is 6. The van der Waals surface area contributed by atoms with Gasteiger partial charge in [0.15, 0.2) is 22.6 Å². The van der Waals surface area contributed by atoms with Gasteiger partial charge in [0, 0.05) is 84.0 Å². The molecule has 15 N–H and O–H groups in total. The van der Waals surface area contributed by atoms with Crippen molar-refractivity contribution in [3.05, 3.63) is 29.8 Å². The number of benzene rings is 1. The number of rotatable bonds is 34. The average Bonchev–Trinajstić information content (AvgIpc) is 4.16. The van der Waals surface area contributed by atoms with Gasteiger partial charge in [-0.3, -0.25) is 72.5 Å². The number of carboxylic acid groups (broad SMARTS) is 6. The summed E-state index contributed by atoms with van der Waals surface area (Å²) in [6.45, 7) is 2.70. The van der Waals surface area contributed by atoms with Gasteiger partial charge in [-0.1, -0.05) is 26.0 Å². The van der Waals surface area contributed by atoms with Crippen LogP contribution in [0.15, 0.2) is 29.3 Å². The molecule has 3 rings (SSSR count). The number of aliphatic hydroxyl groups is 1. The lowest BCUT2D eigenvalue weighted by molar-refractivity contribution is -0.145. The highest BCUT2D eigenvalue weighted by Crippen LogP contribution is 2.22. The SMILES string of the molecule is CC(C)C[C@H](NC(=O)[C@H](CC(=O)O)CC(=O)CNC(=O)[C@@H]1CCCN1C(=S)Nc1ccc(CCC(C(=O)O)N2CCN(CC(=O)O)CCN(CC(=O)O)CCN(CC(=O)O)CC2)cc1)C(=O)C[C@@H](CO)C(=O)N[C@@H](CCCN=C(N)N)C(=O)O. The number of aliphatic hydroxyl groups excluding tert-OH is 1. The maximum atomic E-state index is 13.6. The number of amides is 3. The minimum atomic E-state index is -1.49. The number of Topliss-reactive ketones (excluding diaryl/α,β-unsaturated/α-hetero) is 2. The molecule has 1 unspecified atom stereocenters. The molecule has 2 aliphatic heterocycles. The molecular weight excluding hydrogens is 1120 g/mol. The molecule has 2 saturated heterocycles. The molecule has 2 aliphatic rings. The highest BCUT2D eigenvalue weighted by Gasteiger charge is 2.36. The van der Waals surface area contributed by atoms with Crippen molar-refractivity contribution in [1.82, 2.24) is 40.4 Å². The van der Waals surface area contributed by atoms with Crippen LogP contribution in [0.2, 0.25) is 0 Å². The van der Waals surface area contributed by atoms with Crippen molar-refractivity contribution < 1.29 is 88.5 Å². The van der Waals surface area contributed by atoms with Gasteiger partial charge in [-0.2, -0.15) is 0 Å². The number of likely N-dealkylation sites (tertiary alicyclic amines) is 1. The van der Waals surface area contributed by atoms with Gasteiger partial charge in [0.05, 0.1) is 57.1 Å². The Balaban J connectivity index is 1.62. The molecule has 0 bridgehead atoms. The largest absolute Gasteiger partial charge is 0.481 e. The molecule has 1 aromatic rings. The van der Waals surface area contributed by atoms with E-state index in [9.17, 15) is 88.5 Å². The van der Waals surface area contributed by atoms with E-state index in [1.54, 1.807) is 62.6 Å². The number of aliphatic carboxylic acids is 6. The molecule has 2 fully saturated rings. The normalized spacial score (nSPS) is 17.6. The van der Waals surface area contributed by atoms with Crippen molar-refractivity contribution in [2.75, 3.05) is 104 Å². The summed E-state index contributed by atoms with van der Waals surface area (Å²) < 4.78 is 0. The van der Waals surface area contributed by atoms with E-state index in [1.807, 2.05) is 0 Å². The highest BCUT2D eigenvalue weighted by atomic mass is 32.1. The Hall–Kier alpha value is -7.45. The van der Waals surface area contributed by atoms with E-state index in [0.717, 1.165) is 5.56 Å². The lowest BCUT2D eigenvalue weighted by Crippen LogP contribution is -2.51. The summed E-state index contributed by atoms with van der Waals surface area (Å²) in [6, 6.07) is 2.42. The number of carboxylic acids is 6. The molecule has 31 heteroatoms. The summed E-state index contributed by atoms with van der Waals surface area (Å²) in [4.78, 5) is 151. The highest BCUT2D eigenvalue weighted by molar-refractivity contribution is 7.80. The minimum Gasteiger partial charge on any atom is -0.481 e. The van der Waals surface area contributed by atoms with Crippen molar-refractivity contribution in [2.45, 2.75) is 102 Å². The van der Waals surface area contributed by atoms with Crippen LogP contribution in [0.5, 0.6) is 0 Å². The first-order chi connectivity index (χ1) is 39.6. The van der Waals surface area contributed by atoms with Crippen molar-refractivity contribution >= 4 is 94.1 Å². The van der Waals surface area contributed by atoms with E-state index in [4.69, 9.17) is 23.7 Å². The number of carbonyl (C=O) groups is 11. The fraction of sp³-hybridized carbons (Fsp3) is 0.642. The maximum Gasteiger partial charge on any atom is 0.326 e. The van der Waals surface area contributed by atoms with E-state index < -0.39 is 134 Å². The zero-order chi connectivity index (χ0) is 62.6. The Morgan fingerprint density at radius 2 is 1.20 bits per heavy atom. The number of hydrogen-bond acceptors (Lipinski definition) is 18. The fourth-order valence-electron chi connectivity index (χ4n) is 9.74. The van der Waals surface area contributed by atoms with Gasteiger partial charge in [0.1, 0.15) is 18.1 Å². The molecular formula is C53H82N12O18S. The second kappa shape index (κ2) is 36.3. The van der Waals surface area contributed by atoms with Gasteiger partial charge in [0.2, 0.25) is 17.7 Å². The summed E-state index contributed by atoms with van der Waals surface area (Å²) in [5, 5.41) is 79.1. The zero-order valence-corrected chi connectivity index (χ0v) is 48.2. The number of aliphatic imine (C=N–C) groups is 1. The van der Waals surface area contributed by atoms with Gasteiger partial charge in [-0.25, -0.2) is 4.79 Å². The van der Waals surface area contributed by atoms with Crippen LogP contribution in [-0.2, 0) is 59.2 Å². The smallest absolute Gasteiger partial charge is 0.326 e. The number of anilines is 1. The number of hydrogen-bond donors (Lipinski definition) is 13. The molecule has 3 amide bonds. The minimum absolute atomic E-state index is 0.0213. The van der Waals surface area contributed by atoms with Gasteiger partial charge in [-0.15, -0.1) is 0 Å². The topological polar surface area (TPSA) is 458 Å². The molecule has 6 atom stereocenters. The lowest BCUT2D eigenvalue weighted by atomic mass is 9.91. The van der Waals surface area contributed by atoms with Crippen LogP contribution in [0, 0.1) is 17.8 Å². The van der Waals surface area contributed by atoms with Crippen LogP contribution in [0.25, 0.3) is 0 Å². The molecule has 30 nitrogen and oxygen atoms in total. The van der Waals surface area contributed by atoms with Crippen LogP contribution in [-0.4, -0.2) is 259 Å². The number of nitrogens with one attached hydrogen (secondary N) is 4. The Morgan fingerprint density at radius 1 is 0.667 bits per heavy atom. The number of aryl methyl sites for hydroxylation is 1. The van der Waals surface area contributed by atoms with E-state index >= 15 is 0 Å². The number of thiocarbonyl (C=S) groups is 1.